The van der Waals surface area contributed by atoms with Crippen molar-refractivity contribution in [2.24, 2.45) is 11.8 Å². The number of imide groups is 1. The summed E-state index contributed by atoms with van der Waals surface area (Å²) in [7, 11) is 1.51. The summed E-state index contributed by atoms with van der Waals surface area (Å²) in [6.07, 6.45) is 2.77. The van der Waals surface area contributed by atoms with Gasteiger partial charge >= 0.3 is 0 Å². The standard InChI is InChI=1S/C25H22Cl2N2O5/c1-14-3-9-18-20(11-14)25(33)29(24(18)32)28(23(31)19-10-6-16(26)12-21(19)27)13-22(30)15-4-7-17(34-2)8-5-15/h3-8,10,12,18,20H,9,11,13H2,1-2H3/t18-,20-/m0/s1. The first-order valence-corrected chi connectivity index (χ1v) is 11.4. The van der Waals surface area contributed by atoms with Crippen LogP contribution < -0.4 is 4.74 Å². The zero-order chi connectivity index (χ0) is 24.6. The number of hydrazine groups is 1. The lowest BCUT2D eigenvalue weighted by Crippen LogP contribution is -2.52. The number of fused-ring (bicyclic) bond motifs is 1. The molecule has 1 saturated heterocycles. The van der Waals surface area contributed by atoms with E-state index in [4.69, 9.17) is 27.9 Å². The second-order valence-electron chi connectivity index (χ2n) is 8.33. The topological polar surface area (TPSA) is 84.0 Å². The molecule has 0 unspecified atom stereocenters. The molecular formula is C25H22Cl2N2O5. The van der Waals surface area contributed by atoms with Crippen molar-refractivity contribution in [1.29, 1.82) is 0 Å². The Kier molecular flexibility index (Phi) is 6.77. The maximum absolute atomic E-state index is 13.6. The van der Waals surface area contributed by atoms with Crippen LogP contribution in [-0.4, -0.2) is 47.2 Å². The Morgan fingerprint density at radius 1 is 1.06 bits per heavy atom. The Bertz CT molecular complexity index is 1210. The van der Waals surface area contributed by atoms with Crippen molar-refractivity contribution in [3.05, 3.63) is 75.3 Å². The van der Waals surface area contributed by atoms with Gasteiger partial charge in [-0.15, -0.1) is 0 Å². The first-order chi connectivity index (χ1) is 16.2. The van der Waals surface area contributed by atoms with Gasteiger partial charge in [0.2, 0.25) is 0 Å². The fourth-order valence-corrected chi connectivity index (χ4v) is 4.79. The minimum absolute atomic E-state index is 0.0263. The molecule has 1 aliphatic carbocycles. The molecule has 176 valence electrons. The molecule has 2 atom stereocenters. The van der Waals surface area contributed by atoms with Gasteiger partial charge in [-0.1, -0.05) is 34.9 Å². The average molecular weight is 501 g/mol. The minimum Gasteiger partial charge on any atom is -0.497 e. The van der Waals surface area contributed by atoms with Gasteiger partial charge < -0.3 is 4.74 Å². The summed E-state index contributed by atoms with van der Waals surface area (Å²) in [5, 5.41) is 2.10. The highest BCUT2D eigenvalue weighted by Gasteiger charge is 2.51. The third kappa shape index (κ3) is 4.45. The maximum Gasteiger partial charge on any atom is 0.274 e. The Balaban J connectivity index is 1.70. The summed E-state index contributed by atoms with van der Waals surface area (Å²) >= 11 is 12.2. The van der Waals surface area contributed by atoms with Crippen molar-refractivity contribution >= 4 is 46.7 Å². The quantitative estimate of drug-likeness (QED) is 0.329. The molecule has 0 spiro atoms. The second kappa shape index (κ2) is 9.60. The van der Waals surface area contributed by atoms with Gasteiger partial charge in [-0.3, -0.25) is 19.2 Å². The van der Waals surface area contributed by atoms with Crippen molar-refractivity contribution < 1.29 is 23.9 Å². The number of halogens is 2. The average Bonchev–Trinajstić information content (AvgIpc) is 3.06. The van der Waals surface area contributed by atoms with Crippen LogP contribution in [0.3, 0.4) is 0 Å². The molecule has 34 heavy (non-hydrogen) atoms. The molecule has 2 aliphatic rings. The summed E-state index contributed by atoms with van der Waals surface area (Å²) in [6.45, 7) is 1.38. The summed E-state index contributed by atoms with van der Waals surface area (Å²) in [4.78, 5) is 53.3. The van der Waals surface area contributed by atoms with E-state index in [9.17, 15) is 19.2 Å². The van der Waals surface area contributed by atoms with Gasteiger partial charge in [0, 0.05) is 10.6 Å². The van der Waals surface area contributed by atoms with Gasteiger partial charge in [-0.2, -0.15) is 5.01 Å². The second-order valence-corrected chi connectivity index (χ2v) is 9.17. The number of hydrogen-bond donors (Lipinski definition) is 0. The Morgan fingerprint density at radius 2 is 1.74 bits per heavy atom. The number of Topliss-reactive ketones (excluding diaryl/α,β-unsaturated/α-hetero) is 1. The van der Waals surface area contributed by atoms with Crippen LogP contribution in [0.4, 0.5) is 0 Å². The van der Waals surface area contributed by atoms with Gasteiger partial charge in [0.15, 0.2) is 5.78 Å². The molecule has 0 aromatic heterocycles. The number of nitrogens with zero attached hydrogens (tertiary/aromatic N) is 2. The summed E-state index contributed by atoms with van der Waals surface area (Å²) in [6, 6.07) is 10.6. The van der Waals surface area contributed by atoms with E-state index in [1.165, 1.54) is 25.3 Å². The predicted octanol–water partition coefficient (Wildman–Crippen LogP) is 4.58. The van der Waals surface area contributed by atoms with E-state index in [-0.39, 0.29) is 10.6 Å². The molecule has 0 radical (unpaired) electrons. The fourth-order valence-electron chi connectivity index (χ4n) is 4.30. The lowest BCUT2D eigenvalue weighted by molar-refractivity contribution is -0.154. The molecular weight excluding hydrogens is 479 g/mol. The third-order valence-corrected chi connectivity index (χ3v) is 6.69. The predicted molar refractivity (Wildman–Crippen MR) is 127 cm³/mol. The smallest absolute Gasteiger partial charge is 0.274 e. The molecule has 9 heteroatoms. The molecule has 3 amide bonds. The van der Waals surface area contributed by atoms with Gasteiger partial charge in [-0.05, 0) is 62.2 Å². The van der Waals surface area contributed by atoms with Crippen molar-refractivity contribution in [2.45, 2.75) is 19.8 Å². The Morgan fingerprint density at radius 3 is 2.38 bits per heavy atom. The fraction of sp³-hybridized carbons (Fsp3) is 0.280. The van der Waals surface area contributed by atoms with Crippen LogP contribution in [0.5, 0.6) is 5.75 Å². The van der Waals surface area contributed by atoms with Crippen LogP contribution in [-0.2, 0) is 9.59 Å². The lowest BCUT2D eigenvalue weighted by Gasteiger charge is -2.30. The van der Waals surface area contributed by atoms with Crippen molar-refractivity contribution in [2.75, 3.05) is 13.7 Å². The number of rotatable bonds is 6. The first kappa shape index (κ1) is 24.0. The molecule has 4 rings (SSSR count). The van der Waals surface area contributed by atoms with Crippen LogP contribution in [0.1, 0.15) is 40.5 Å². The number of benzene rings is 2. The highest BCUT2D eigenvalue weighted by atomic mass is 35.5. The van der Waals surface area contributed by atoms with Gasteiger partial charge in [0.1, 0.15) is 12.3 Å². The van der Waals surface area contributed by atoms with Gasteiger partial charge in [0.25, 0.3) is 17.7 Å². The maximum atomic E-state index is 13.6. The molecule has 2 aromatic carbocycles. The van der Waals surface area contributed by atoms with Crippen molar-refractivity contribution in [3.63, 3.8) is 0 Å². The number of allylic oxidation sites excluding steroid dienone is 2. The van der Waals surface area contributed by atoms with E-state index in [2.05, 4.69) is 0 Å². The number of amides is 3. The van der Waals surface area contributed by atoms with E-state index < -0.39 is 41.9 Å². The van der Waals surface area contributed by atoms with Crippen LogP contribution in [0.25, 0.3) is 0 Å². The molecule has 0 N–H and O–H groups in total. The van der Waals surface area contributed by atoms with Crippen LogP contribution >= 0.6 is 23.2 Å². The van der Waals surface area contributed by atoms with E-state index in [0.29, 0.717) is 29.2 Å². The molecule has 2 aromatic rings. The Hall–Kier alpha value is -3.16. The summed E-state index contributed by atoms with van der Waals surface area (Å²) in [5.74, 6) is -2.76. The van der Waals surface area contributed by atoms with Crippen LogP contribution in [0.2, 0.25) is 10.0 Å². The van der Waals surface area contributed by atoms with Crippen molar-refractivity contribution in [3.8, 4) is 5.75 Å². The van der Waals surface area contributed by atoms with E-state index >= 15 is 0 Å². The molecule has 0 saturated carbocycles. The van der Waals surface area contributed by atoms with Gasteiger partial charge in [-0.25, -0.2) is 5.01 Å². The molecule has 0 bridgehead atoms. The number of carbonyl (C=O) groups excluding carboxylic acids is 4. The van der Waals surface area contributed by atoms with Crippen LogP contribution in [0, 0.1) is 11.8 Å². The lowest BCUT2D eigenvalue weighted by atomic mass is 9.82. The number of carbonyl (C=O) groups is 4. The number of methoxy groups -OCH3 is 1. The summed E-state index contributed by atoms with van der Waals surface area (Å²) < 4.78 is 5.12. The number of hydrogen-bond acceptors (Lipinski definition) is 5. The zero-order valence-corrected chi connectivity index (χ0v) is 20.1. The van der Waals surface area contributed by atoms with Crippen molar-refractivity contribution in [1.82, 2.24) is 10.0 Å². The highest BCUT2D eigenvalue weighted by molar-refractivity contribution is 6.36. The summed E-state index contributed by atoms with van der Waals surface area (Å²) in [5.41, 5.74) is 1.34. The zero-order valence-electron chi connectivity index (χ0n) is 18.6. The van der Waals surface area contributed by atoms with E-state index in [1.54, 1.807) is 24.3 Å². The van der Waals surface area contributed by atoms with Gasteiger partial charge in [0.05, 0.1) is 29.5 Å². The molecule has 7 nitrogen and oxygen atoms in total. The van der Waals surface area contributed by atoms with E-state index in [1.807, 2.05) is 13.0 Å². The normalized spacial score (nSPS) is 19.5. The number of ether oxygens (including phenoxy) is 1. The first-order valence-electron chi connectivity index (χ1n) is 10.7. The monoisotopic (exact) mass is 500 g/mol. The Labute approximate surface area is 206 Å². The molecule has 1 aliphatic heterocycles. The highest BCUT2D eigenvalue weighted by Crippen LogP contribution is 2.39. The SMILES string of the molecule is COc1ccc(C(=O)CN(C(=O)c2ccc(Cl)cc2Cl)N2C(=O)[C@H]3CC=C(C)C[C@@H]3C2=O)cc1. The van der Waals surface area contributed by atoms with E-state index in [0.717, 1.165) is 15.6 Å². The largest absolute Gasteiger partial charge is 0.497 e. The molecule has 1 fully saturated rings. The third-order valence-electron chi connectivity index (χ3n) is 6.14. The number of ketones is 1. The van der Waals surface area contributed by atoms with Crippen LogP contribution in [0.15, 0.2) is 54.1 Å². The minimum atomic E-state index is -0.742. The molecule has 1 heterocycles.